The minimum Gasteiger partial charge on any atom is -0.342 e. The Labute approximate surface area is 116 Å². The average molecular weight is 262 g/mol. The second-order valence-corrected chi connectivity index (χ2v) is 7.19. The van der Waals surface area contributed by atoms with E-state index in [1.54, 1.807) is 0 Å². The highest BCUT2D eigenvalue weighted by Gasteiger charge is 2.64. The van der Waals surface area contributed by atoms with Gasteiger partial charge in [-0.3, -0.25) is 4.79 Å². The molecule has 3 saturated carbocycles. The summed E-state index contributed by atoms with van der Waals surface area (Å²) >= 11 is 0. The zero-order valence-corrected chi connectivity index (χ0v) is 11.8. The van der Waals surface area contributed by atoms with E-state index in [0.29, 0.717) is 18.5 Å². The number of likely N-dealkylation sites (tertiary alicyclic amines) is 1. The number of nitrogens with zero attached hydrogens (tertiary/aromatic N) is 1. The summed E-state index contributed by atoms with van der Waals surface area (Å²) in [5.74, 6) is 4.23. The third-order valence-electron chi connectivity index (χ3n) is 6.18. The van der Waals surface area contributed by atoms with Gasteiger partial charge in [-0.15, -0.1) is 0 Å². The van der Waals surface area contributed by atoms with Crippen molar-refractivity contribution < 1.29 is 4.79 Å². The van der Waals surface area contributed by atoms with Gasteiger partial charge in [0.15, 0.2) is 0 Å². The van der Waals surface area contributed by atoms with Crippen molar-refractivity contribution in [3.8, 4) is 0 Å². The van der Waals surface area contributed by atoms with E-state index < -0.39 is 0 Å². The third-order valence-corrected chi connectivity index (χ3v) is 6.18. The molecule has 0 aromatic carbocycles. The Balaban J connectivity index is 1.26. The zero-order valence-electron chi connectivity index (χ0n) is 11.8. The summed E-state index contributed by atoms with van der Waals surface area (Å²) in [6, 6.07) is 0.696. The van der Waals surface area contributed by atoms with E-state index in [9.17, 15) is 4.79 Å². The number of amides is 1. The summed E-state index contributed by atoms with van der Waals surface area (Å²) in [4.78, 5) is 14.3. The standard InChI is InChI=1S/C16H26N2O/c19-13(18-7-3-1-2-4-8-18)10-17-16-14-11-5-6-12(9-11)15(14)16/h11-12,14-17H,1-10H2. The Morgan fingerprint density at radius 1 is 1.00 bits per heavy atom. The van der Waals surface area contributed by atoms with E-state index in [1.165, 1.54) is 44.9 Å². The van der Waals surface area contributed by atoms with Gasteiger partial charge >= 0.3 is 0 Å². The summed E-state index contributed by atoms with van der Waals surface area (Å²) in [7, 11) is 0. The molecular weight excluding hydrogens is 236 g/mol. The fourth-order valence-corrected chi connectivity index (χ4v) is 5.24. The Hall–Kier alpha value is -0.570. The van der Waals surface area contributed by atoms with E-state index in [-0.39, 0.29) is 0 Å². The van der Waals surface area contributed by atoms with Crippen LogP contribution in [0.15, 0.2) is 0 Å². The van der Waals surface area contributed by atoms with Gasteiger partial charge in [0.25, 0.3) is 0 Å². The van der Waals surface area contributed by atoms with Crippen molar-refractivity contribution >= 4 is 5.91 Å². The SMILES string of the molecule is O=C(CNC1C2C3CCC(C3)C12)N1CCCCCC1. The molecule has 1 heterocycles. The maximum atomic E-state index is 12.2. The Bertz CT molecular complexity index is 346. The Morgan fingerprint density at radius 3 is 2.26 bits per heavy atom. The normalized spacial score (nSPS) is 44.0. The van der Waals surface area contributed by atoms with Crippen molar-refractivity contribution in [3.05, 3.63) is 0 Å². The Morgan fingerprint density at radius 2 is 1.63 bits per heavy atom. The molecule has 0 aromatic heterocycles. The van der Waals surface area contributed by atoms with Gasteiger partial charge in [-0.25, -0.2) is 0 Å². The van der Waals surface area contributed by atoms with Crippen molar-refractivity contribution in [2.45, 2.75) is 51.0 Å². The van der Waals surface area contributed by atoms with E-state index in [0.717, 1.165) is 36.8 Å². The molecule has 19 heavy (non-hydrogen) atoms. The van der Waals surface area contributed by atoms with E-state index in [2.05, 4.69) is 10.2 Å². The maximum absolute atomic E-state index is 12.2. The highest BCUT2D eigenvalue weighted by Crippen LogP contribution is 2.65. The Kier molecular flexibility index (Phi) is 3.06. The molecule has 4 atom stereocenters. The summed E-state index contributed by atoms with van der Waals surface area (Å²) in [6.07, 6.45) is 9.41. The van der Waals surface area contributed by atoms with Crippen molar-refractivity contribution in [2.24, 2.45) is 23.7 Å². The van der Waals surface area contributed by atoms with Crippen LogP contribution in [0.4, 0.5) is 0 Å². The molecule has 1 aliphatic heterocycles. The summed E-state index contributed by atoms with van der Waals surface area (Å²) < 4.78 is 0. The van der Waals surface area contributed by atoms with Crippen LogP contribution in [-0.2, 0) is 4.79 Å². The largest absolute Gasteiger partial charge is 0.342 e. The summed E-state index contributed by atoms with van der Waals surface area (Å²) in [6.45, 7) is 2.57. The molecule has 1 saturated heterocycles. The number of hydrogen-bond acceptors (Lipinski definition) is 2. The van der Waals surface area contributed by atoms with Gasteiger partial charge < -0.3 is 10.2 Å². The van der Waals surface area contributed by atoms with Crippen molar-refractivity contribution in [3.63, 3.8) is 0 Å². The maximum Gasteiger partial charge on any atom is 0.236 e. The minimum atomic E-state index is 0.347. The van der Waals surface area contributed by atoms with Crippen LogP contribution in [0.1, 0.15) is 44.9 Å². The van der Waals surface area contributed by atoms with Crippen LogP contribution in [0.25, 0.3) is 0 Å². The molecule has 2 bridgehead atoms. The predicted molar refractivity (Wildman–Crippen MR) is 74.6 cm³/mol. The molecule has 0 spiro atoms. The van der Waals surface area contributed by atoms with Crippen LogP contribution in [0.2, 0.25) is 0 Å². The fraction of sp³-hybridized carbons (Fsp3) is 0.938. The first kappa shape index (κ1) is 12.2. The highest BCUT2D eigenvalue weighted by molar-refractivity contribution is 5.78. The quantitative estimate of drug-likeness (QED) is 0.844. The lowest BCUT2D eigenvalue weighted by Gasteiger charge is -2.21. The minimum absolute atomic E-state index is 0.347. The number of rotatable bonds is 3. The molecule has 3 heteroatoms. The molecule has 4 aliphatic rings. The average Bonchev–Trinajstić information content (AvgIpc) is 2.97. The lowest BCUT2D eigenvalue weighted by Crippen LogP contribution is -2.40. The third kappa shape index (κ3) is 2.10. The first-order chi connectivity index (χ1) is 9.34. The lowest BCUT2D eigenvalue weighted by atomic mass is 10.0. The molecule has 0 radical (unpaired) electrons. The number of carbonyl (C=O) groups is 1. The van der Waals surface area contributed by atoms with Gasteiger partial charge in [0.1, 0.15) is 0 Å². The summed E-state index contributed by atoms with van der Waals surface area (Å²) in [5.41, 5.74) is 0. The highest BCUT2D eigenvalue weighted by atomic mass is 16.2. The zero-order chi connectivity index (χ0) is 12.8. The van der Waals surface area contributed by atoms with Crippen LogP contribution >= 0.6 is 0 Å². The molecule has 1 N–H and O–H groups in total. The van der Waals surface area contributed by atoms with Gasteiger partial charge in [-0.2, -0.15) is 0 Å². The molecule has 4 rings (SSSR count). The van der Waals surface area contributed by atoms with Crippen LogP contribution in [-0.4, -0.2) is 36.5 Å². The lowest BCUT2D eigenvalue weighted by molar-refractivity contribution is -0.130. The molecule has 3 aliphatic carbocycles. The van der Waals surface area contributed by atoms with Gasteiger partial charge in [0, 0.05) is 19.1 Å². The van der Waals surface area contributed by atoms with Gasteiger partial charge in [0.05, 0.1) is 6.54 Å². The van der Waals surface area contributed by atoms with Crippen molar-refractivity contribution in [1.82, 2.24) is 10.2 Å². The smallest absolute Gasteiger partial charge is 0.236 e. The van der Waals surface area contributed by atoms with Gasteiger partial charge in [-0.1, -0.05) is 12.8 Å². The van der Waals surface area contributed by atoms with E-state index in [1.807, 2.05) is 0 Å². The van der Waals surface area contributed by atoms with Crippen LogP contribution in [0.3, 0.4) is 0 Å². The molecule has 4 fully saturated rings. The monoisotopic (exact) mass is 262 g/mol. The number of fused-ring (bicyclic) bond motifs is 5. The molecule has 4 unspecified atom stereocenters. The van der Waals surface area contributed by atoms with Crippen LogP contribution in [0.5, 0.6) is 0 Å². The second kappa shape index (κ2) is 4.76. The van der Waals surface area contributed by atoms with E-state index >= 15 is 0 Å². The van der Waals surface area contributed by atoms with Gasteiger partial charge in [-0.05, 0) is 55.8 Å². The molecular formula is C16H26N2O. The van der Waals surface area contributed by atoms with Crippen molar-refractivity contribution in [2.75, 3.05) is 19.6 Å². The van der Waals surface area contributed by atoms with Crippen LogP contribution < -0.4 is 5.32 Å². The topological polar surface area (TPSA) is 32.3 Å². The molecule has 0 aromatic rings. The fourth-order valence-electron chi connectivity index (χ4n) is 5.24. The molecule has 1 amide bonds. The summed E-state index contributed by atoms with van der Waals surface area (Å²) in [5, 5.41) is 3.59. The predicted octanol–water partition coefficient (Wildman–Crippen LogP) is 2.02. The van der Waals surface area contributed by atoms with Gasteiger partial charge in [0.2, 0.25) is 5.91 Å². The van der Waals surface area contributed by atoms with Crippen molar-refractivity contribution in [1.29, 1.82) is 0 Å². The molecule has 106 valence electrons. The first-order valence-corrected chi connectivity index (χ1v) is 8.36. The second-order valence-electron chi connectivity index (χ2n) is 7.19. The number of hydrogen-bond donors (Lipinski definition) is 1. The van der Waals surface area contributed by atoms with E-state index in [4.69, 9.17) is 0 Å². The first-order valence-electron chi connectivity index (χ1n) is 8.36. The van der Waals surface area contributed by atoms with Crippen LogP contribution in [0, 0.1) is 23.7 Å². The number of nitrogens with one attached hydrogen (secondary N) is 1. The molecule has 3 nitrogen and oxygen atoms in total. The number of carbonyl (C=O) groups excluding carboxylic acids is 1.